The van der Waals surface area contributed by atoms with Crippen molar-refractivity contribution >= 4 is 14.6 Å². The first-order chi connectivity index (χ1) is 9.36. The molecule has 0 heterocycles. The van der Waals surface area contributed by atoms with E-state index in [1.165, 1.54) is 0 Å². The Hall–Kier alpha value is -0.933. The maximum atomic E-state index is 11.1. The van der Waals surface area contributed by atoms with Crippen LogP contribution in [0.25, 0.3) is 0 Å². The molecule has 1 rings (SSSR count). The standard InChI is InChI=1S/C17H28O2Si/c1-13(2)20(14(3)4,15(5)6)19-12-17-10-8-7-9-16(17)11-18/h7-11,13-15H,12H2,1-6H3. The Morgan fingerprint density at radius 1 is 1.00 bits per heavy atom. The van der Waals surface area contributed by atoms with E-state index in [1.807, 2.05) is 24.3 Å². The molecule has 2 nitrogen and oxygen atoms in total. The zero-order valence-corrected chi connectivity index (χ0v) is 14.6. The lowest BCUT2D eigenvalue weighted by molar-refractivity contribution is 0.112. The number of hydrogen-bond acceptors (Lipinski definition) is 2. The number of rotatable bonds is 7. The van der Waals surface area contributed by atoms with Crippen molar-refractivity contribution in [3.8, 4) is 0 Å². The van der Waals surface area contributed by atoms with E-state index in [2.05, 4.69) is 41.5 Å². The maximum absolute atomic E-state index is 11.1. The van der Waals surface area contributed by atoms with Crippen LogP contribution in [0.3, 0.4) is 0 Å². The topological polar surface area (TPSA) is 26.3 Å². The molecule has 0 saturated carbocycles. The summed E-state index contributed by atoms with van der Waals surface area (Å²) in [6, 6.07) is 7.71. The molecule has 0 atom stereocenters. The van der Waals surface area contributed by atoms with Crippen LogP contribution in [0, 0.1) is 0 Å². The van der Waals surface area contributed by atoms with E-state index in [0.717, 1.165) is 17.4 Å². The van der Waals surface area contributed by atoms with Gasteiger partial charge in [-0.3, -0.25) is 4.79 Å². The van der Waals surface area contributed by atoms with Gasteiger partial charge in [0.15, 0.2) is 0 Å². The van der Waals surface area contributed by atoms with E-state index in [-0.39, 0.29) is 0 Å². The average molecular weight is 292 g/mol. The third kappa shape index (κ3) is 3.39. The van der Waals surface area contributed by atoms with Crippen LogP contribution in [0.4, 0.5) is 0 Å². The van der Waals surface area contributed by atoms with E-state index in [4.69, 9.17) is 4.43 Å². The first kappa shape index (κ1) is 17.1. The van der Waals surface area contributed by atoms with Gasteiger partial charge in [-0.25, -0.2) is 0 Å². The Bertz CT molecular complexity index is 417. The molecule has 112 valence electrons. The maximum Gasteiger partial charge on any atom is 0.200 e. The van der Waals surface area contributed by atoms with Crippen molar-refractivity contribution in [2.45, 2.75) is 64.8 Å². The average Bonchev–Trinajstić information content (AvgIpc) is 2.38. The number of carbonyl (C=O) groups excluding carboxylic acids is 1. The molecule has 0 aliphatic rings. The van der Waals surface area contributed by atoms with Gasteiger partial charge in [-0.05, 0) is 22.2 Å². The first-order valence-corrected chi connectivity index (χ1v) is 9.67. The molecule has 0 aliphatic carbocycles. The van der Waals surface area contributed by atoms with E-state index >= 15 is 0 Å². The fourth-order valence-electron chi connectivity index (χ4n) is 3.48. The molecule has 0 aliphatic heterocycles. The third-order valence-corrected chi connectivity index (χ3v) is 10.4. The molecule has 0 amide bonds. The first-order valence-electron chi connectivity index (χ1n) is 7.53. The van der Waals surface area contributed by atoms with Gasteiger partial charge in [0.05, 0.1) is 6.61 Å². The van der Waals surface area contributed by atoms with Crippen molar-refractivity contribution in [1.82, 2.24) is 0 Å². The van der Waals surface area contributed by atoms with Gasteiger partial charge in [0.25, 0.3) is 0 Å². The van der Waals surface area contributed by atoms with Gasteiger partial charge in [0.2, 0.25) is 8.32 Å². The lowest BCUT2D eigenvalue weighted by Gasteiger charge is -2.42. The number of benzene rings is 1. The predicted octanol–water partition coefficient (Wildman–Crippen LogP) is 5.19. The second kappa shape index (κ2) is 7.18. The third-order valence-electron chi connectivity index (χ3n) is 4.37. The van der Waals surface area contributed by atoms with Gasteiger partial charge >= 0.3 is 0 Å². The molecule has 1 aromatic rings. The highest BCUT2D eigenvalue weighted by molar-refractivity contribution is 6.77. The molecule has 0 spiro atoms. The van der Waals surface area contributed by atoms with Gasteiger partial charge in [0.1, 0.15) is 6.29 Å². The minimum atomic E-state index is -1.86. The SMILES string of the molecule is CC(C)[Si](OCc1ccccc1C=O)(C(C)C)C(C)C. The molecule has 20 heavy (non-hydrogen) atoms. The fourth-order valence-corrected chi connectivity index (χ4v) is 8.89. The summed E-state index contributed by atoms with van der Waals surface area (Å²) in [5, 5.41) is 0. The second-order valence-corrected chi connectivity index (χ2v) is 11.9. The minimum Gasteiger partial charge on any atom is -0.412 e. The lowest BCUT2D eigenvalue weighted by Crippen LogP contribution is -2.47. The van der Waals surface area contributed by atoms with E-state index in [9.17, 15) is 4.79 Å². The summed E-state index contributed by atoms with van der Waals surface area (Å²) >= 11 is 0. The Balaban J connectivity index is 3.00. The van der Waals surface area contributed by atoms with Gasteiger partial charge < -0.3 is 4.43 Å². The van der Waals surface area contributed by atoms with Gasteiger partial charge in [-0.15, -0.1) is 0 Å². The van der Waals surface area contributed by atoms with Crippen LogP contribution in [0.15, 0.2) is 24.3 Å². The lowest BCUT2D eigenvalue weighted by atomic mass is 10.1. The molecule has 0 radical (unpaired) electrons. The van der Waals surface area contributed by atoms with Crippen molar-refractivity contribution < 1.29 is 9.22 Å². The molecular formula is C17H28O2Si. The second-order valence-electron chi connectivity index (χ2n) is 6.42. The minimum absolute atomic E-state index is 0.551. The van der Waals surface area contributed by atoms with Crippen molar-refractivity contribution in [1.29, 1.82) is 0 Å². The predicted molar refractivity (Wildman–Crippen MR) is 87.7 cm³/mol. The summed E-state index contributed by atoms with van der Waals surface area (Å²) in [6.45, 7) is 14.2. The Kier molecular flexibility index (Phi) is 6.15. The van der Waals surface area contributed by atoms with E-state index in [0.29, 0.717) is 23.2 Å². The van der Waals surface area contributed by atoms with E-state index < -0.39 is 8.32 Å². The fraction of sp³-hybridized carbons (Fsp3) is 0.588. The molecule has 0 saturated heterocycles. The number of aldehydes is 1. The van der Waals surface area contributed by atoms with Crippen LogP contribution < -0.4 is 0 Å². The summed E-state index contributed by atoms with van der Waals surface area (Å²) in [4.78, 5) is 11.1. The van der Waals surface area contributed by atoms with Crippen LogP contribution in [0.2, 0.25) is 16.6 Å². The van der Waals surface area contributed by atoms with Crippen molar-refractivity contribution in [2.75, 3.05) is 0 Å². The van der Waals surface area contributed by atoms with Gasteiger partial charge in [-0.2, -0.15) is 0 Å². The monoisotopic (exact) mass is 292 g/mol. The molecule has 0 unspecified atom stereocenters. The summed E-state index contributed by atoms with van der Waals surface area (Å²) in [5.41, 5.74) is 3.43. The van der Waals surface area contributed by atoms with Gasteiger partial charge in [-0.1, -0.05) is 65.8 Å². The quantitative estimate of drug-likeness (QED) is 0.510. The normalized spacial score (nSPS) is 12.4. The highest BCUT2D eigenvalue weighted by Crippen LogP contribution is 2.42. The van der Waals surface area contributed by atoms with Crippen LogP contribution in [0.5, 0.6) is 0 Å². The molecular weight excluding hydrogens is 264 g/mol. The highest BCUT2D eigenvalue weighted by Gasteiger charge is 2.44. The van der Waals surface area contributed by atoms with Crippen molar-refractivity contribution in [3.05, 3.63) is 35.4 Å². The smallest absolute Gasteiger partial charge is 0.200 e. The molecule has 3 heteroatoms. The molecule has 0 aromatic heterocycles. The highest BCUT2D eigenvalue weighted by atomic mass is 28.4. The van der Waals surface area contributed by atoms with Crippen LogP contribution in [-0.2, 0) is 11.0 Å². The summed E-state index contributed by atoms with van der Waals surface area (Å²) in [5.74, 6) is 0. The Morgan fingerprint density at radius 2 is 1.50 bits per heavy atom. The van der Waals surface area contributed by atoms with Crippen LogP contribution >= 0.6 is 0 Å². The zero-order chi connectivity index (χ0) is 15.3. The van der Waals surface area contributed by atoms with E-state index in [1.54, 1.807) is 0 Å². The molecule has 0 bridgehead atoms. The summed E-state index contributed by atoms with van der Waals surface area (Å²) < 4.78 is 6.52. The molecule has 0 fully saturated rings. The number of carbonyl (C=O) groups is 1. The Morgan fingerprint density at radius 3 is 1.95 bits per heavy atom. The summed E-state index contributed by atoms with van der Waals surface area (Å²) in [6.07, 6.45) is 0.919. The van der Waals surface area contributed by atoms with Crippen LogP contribution in [-0.4, -0.2) is 14.6 Å². The summed E-state index contributed by atoms with van der Waals surface area (Å²) in [7, 11) is -1.86. The molecule has 1 aromatic carbocycles. The zero-order valence-electron chi connectivity index (χ0n) is 13.6. The molecule has 0 N–H and O–H groups in total. The number of hydrogen-bond donors (Lipinski definition) is 0. The Labute approximate surface area is 124 Å². The van der Waals surface area contributed by atoms with Gasteiger partial charge in [0, 0.05) is 5.56 Å². The van der Waals surface area contributed by atoms with Crippen molar-refractivity contribution in [3.63, 3.8) is 0 Å². The van der Waals surface area contributed by atoms with Crippen LogP contribution in [0.1, 0.15) is 57.5 Å². The van der Waals surface area contributed by atoms with Crippen molar-refractivity contribution in [2.24, 2.45) is 0 Å². The largest absolute Gasteiger partial charge is 0.412 e.